The Hall–Kier alpha value is -0.850. The molecule has 0 aromatic carbocycles. The number of hydrogen-bond acceptors (Lipinski definition) is 1. The molecule has 2 unspecified atom stereocenters. The van der Waals surface area contributed by atoms with Gasteiger partial charge in [-0.25, -0.2) is 0 Å². The Bertz CT molecular complexity index is 177. The van der Waals surface area contributed by atoms with Crippen molar-refractivity contribution < 1.29 is 0 Å². The lowest BCUT2D eigenvalue weighted by Gasteiger charge is -2.14. The van der Waals surface area contributed by atoms with Gasteiger partial charge in [-0.15, -0.1) is 0 Å². The maximum atomic E-state index is 4.00. The lowest BCUT2D eigenvalue weighted by molar-refractivity contribution is 0.645. The first-order chi connectivity index (χ1) is 4.84. The molecule has 1 heteroatoms. The van der Waals surface area contributed by atoms with Crippen molar-refractivity contribution in [3.05, 3.63) is 24.3 Å². The van der Waals surface area contributed by atoms with Crippen molar-refractivity contribution in [2.24, 2.45) is 16.8 Å². The maximum absolute atomic E-state index is 4.00. The zero-order chi connectivity index (χ0) is 7.40. The topological polar surface area (TPSA) is 12.4 Å². The molecule has 1 aliphatic rings. The largest absolute Gasteiger partial charge is 0.300 e. The third kappa shape index (κ3) is 1.56. The van der Waals surface area contributed by atoms with Gasteiger partial charge in [-0.1, -0.05) is 31.2 Å². The number of allylic oxidation sites excluding steroid dienone is 4. The molecule has 2 atom stereocenters. The highest BCUT2D eigenvalue weighted by Crippen LogP contribution is 2.16. The van der Waals surface area contributed by atoms with Crippen LogP contribution < -0.4 is 0 Å². The van der Waals surface area contributed by atoms with Crippen LogP contribution in [0.3, 0.4) is 0 Å². The molecule has 0 radical (unpaired) electrons. The zero-order valence-electron chi connectivity index (χ0n) is 6.49. The van der Waals surface area contributed by atoms with Crippen molar-refractivity contribution in [3.63, 3.8) is 0 Å². The monoisotopic (exact) mass is 135 g/mol. The van der Waals surface area contributed by atoms with Crippen molar-refractivity contribution in [1.82, 2.24) is 0 Å². The van der Waals surface area contributed by atoms with E-state index < -0.39 is 0 Å². The Morgan fingerprint density at radius 3 is 2.60 bits per heavy atom. The molecule has 0 saturated carbocycles. The van der Waals surface area contributed by atoms with E-state index in [1.54, 1.807) is 0 Å². The summed E-state index contributed by atoms with van der Waals surface area (Å²) >= 11 is 0. The average Bonchev–Trinajstić information content (AvgIpc) is 1.94. The number of aliphatic imine (C=N–C) groups is 1. The first-order valence-corrected chi connectivity index (χ1v) is 3.62. The summed E-state index contributed by atoms with van der Waals surface area (Å²) < 4.78 is 0. The van der Waals surface area contributed by atoms with Gasteiger partial charge in [-0.2, -0.15) is 0 Å². The second-order valence-corrected chi connectivity index (χ2v) is 2.61. The number of hydrogen-bond donors (Lipinski definition) is 0. The number of rotatable bonds is 1. The second-order valence-electron chi connectivity index (χ2n) is 2.61. The van der Waals surface area contributed by atoms with Crippen LogP contribution in [0.5, 0.6) is 0 Å². The van der Waals surface area contributed by atoms with Crippen LogP contribution in [0.25, 0.3) is 0 Å². The fourth-order valence-electron chi connectivity index (χ4n) is 1.09. The summed E-state index contributed by atoms with van der Waals surface area (Å²) in [6, 6.07) is 0. The molecule has 1 aliphatic carbocycles. The lowest BCUT2D eigenvalue weighted by atomic mass is 9.91. The van der Waals surface area contributed by atoms with Crippen LogP contribution >= 0.6 is 0 Å². The van der Waals surface area contributed by atoms with Gasteiger partial charge in [0.05, 0.1) is 0 Å². The Morgan fingerprint density at radius 1 is 1.30 bits per heavy atom. The van der Waals surface area contributed by atoms with E-state index in [-0.39, 0.29) is 0 Å². The van der Waals surface area contributed by atoms with Crippen LogP contribution in [0, 0.1) is 11.8 Å². The smallest absolute Gasteiger partial charge is 0.0273 e. The van der Waals surface area contributed by atoms with Gasteiger partial charge in [0.2, 0.25) is 0 Å². The molecule has 1 nitrogen and oxygen atoms in total. The Labute approximate surface area is 62.2 Å². The van der Waals surface area contributed by atoms with Crippen LogP contribution in [0.1, 0.15) is 6.92 Å². The molecule has 0 saturated heterocycles. The van der Waals surface area contributed by atoms with Crippen LogP contribution in [0.15, 0.2) is 29.3 Å². The second kappa shape index (κ2) is 3.35. The normalized spacial score (nSPS) is 31.8. The minimum absolute atomic E-state index is 0.509. The molecule has 10 heavy (non-hydrogen) atoms. The van der Waals surface area contributed by atoms with Crippen molar-refractivity contribution in [3.8, 4) is 0 Å². The van der Waals surface area contributed by atoms with Gasteiger partial charge in [0, 0.05) is 19.2 Å². The van der Waals surface area contributed by atoms with E-state index in [1.165, 1.54) is 0 Å². The summed E-state index contributed by atoms with van der Waals surface area (Å²) in [6.07, 6.45) is 10.5. The van der Waals surface area contributed by atoms with E-state index in [0.29, 0.717) is 11.8 Å². The Balaban J connectivity index is 2.61. The third-order valence-electron chi connectivity index (χ3n) is 1.79. The fraction of sp³-hybridized carbons (Fsp3) is 0.444. The quantitative estimate of drug-likeness (QED) is 0.488. The summed E-state index contributed by atoms with van der Waals surface area (Å²) in [5.41, 5.74) is 0. The Kier molecular flexibility index (Phi) is 2.43. The maximum Gasteiger partial charge on any atom is 0.0273 e. The van der Waals surface area contributed by atoms with Gasteiger partial charge in [0.1, 0.15) is 0 Å². The molecule has 0 amide bonds. The van der Waals surface area contributed by atoms with Crippen LogP contribution in [-0.2, 0) is 0 Å². The van der Waals surface area contributed by atoms with Crippen molar-refractivity contribution in [2.45, 2.75) is 6.92 Å². The van der Waals surface area contributed by atoms with Crippen molar-refractivity contribution >= 4 is 6.21 Å². The molecular weight excluding hydrogens is 122 g/mol. The molecule has 1 rings (SSSR count). The minimum Gasteiger partial charge on any atom is -0.300 e. The summed E-state index contributed by atoms with van der Waals surface area (Å²) in [5.74, 6) is 1.11. The van der Waals surface area contributed by atoms with E-state index in [2.05, 4.69) is 36.2 Å². The highest BCUT2D eigenvalue weighted by molar-refractivity contribution is 5.64. The molecule has 0 bridgehead atoms. The van der Waals surface area contributed by atoms with E-state index in [9.17, 15) is 0 Å². The first-order valence-electron chi connectivity index (χ1n) is 3.62. The van der Waals surface area contributed by atoms with Gasteiger partial charge in [-0.05, 0) is 5.92 Å². The van der Waals surface area contributed by atoms with Crippen LogP contribution in [0.2, 0.25) is 0 Å². The molecule has 0 spiro atoms. The SMILES string of the molecule is CN=CC1C=CC=CC1C. The molecule has 54 valence electrons. The molecule has 0 aromatic heterocycles. The minimum atomic E-state index is 0.509. The van der Waals surface area contributed by atoms with Crippen LogP contribution in [0.4, 0.5) is 0 Å². The van der Waals surface area contributed by atoms with Crippen molar-refractivity contribution in [1.29, 1.82) is 0 Å². The van der Waals surface area contributed by atoms with Crippen LogP contribution in [-0.4, -0.2) is 13.3 Å². The Morgan fingerprint density at radius 2 is 2.00 bits per heavy atom. The summed E-state index contributed by atoms with van der Waals surface area (Å²) in [4.78, 5) is 4.00. The molecule has 0 aromatic rings. The van der Waals surface area contributed by atoms with Gasteiger partial charge < -0.3 is 4.99 Å². The highest BCUT2D eigenvalue weighted by atomic mass is 14.6. The summed E-state index contributed by atoms with van der Waals surface area (Å²) in [5, 5.41) is 0. The van der Waals surface area contributed by atoms with Gasteiger partial charge in [0.25, 0.3) is 0 Å². The molecular formula is C9H13N. The number of nitrogens with zero attached hydrogens (tertiary/aromatic N) is 1. The van der Waals surface area contributed by atoms with Gasteiger partial charge in [0.15, 0.2) is 0 Å². The molecule has 0 aliphatic heterocycles. The lowest BCUT2D eigenvalue weighted by Crippen LogP contribution is -2.09. The van der Waals surface area contributed by atoms with E-state index in [0.717, 1.165) is 0 Å². The first kappa shape index (κ1) is 7.26. The molecule has 0 fully saturated rings. The predicted octanol–water partition coefficient (Wildman–Crippen LogP) is 2.07. The van der Waals surface area contributed by atoms with E-state index >= 15 is 0 Å². The average molecular weight is 135 g/mol. The van der Waals surface area contributed by atoms with E-state index in [4.69, 9.17) is 0 Å². The summed E-state index contributed by atoms with van der Waals surface area (Å²) in [6.45, 7) is 2.20. The molecule has 0 heterocycles. The fourth-order valence-corrected chi connectivity index (χ4v) is 1.09. The molecule has 0 N–H and O–H groups in total. The van der Waals surface area contributed by atoms with Crippen molar-refractivity contribution in [2.75, 3.05) is 7.05 Å². The zero-order valence-corrected chi connectivity index (χ0v) is 6.49. The standard InChI is InChI=1S/C9H13N/c1-8-5-3-4-6-9(8)7-10-2/h3-9H,1-2H3. The predicted molar refractivity (Wildman–Crippen MR) is 45.4 cm³/mol. The van der Waals surface area contributed by atoms with Gasteiger partial charge in [-0.3, -0.25) is 0 Å². The summed E-state index contributed by atoms with van der Waals surface area (Å²) in [7, 11) is 1.82. The third-order valence-corrected chi connectivity index (χ3v) is 1.79. The van der Waals surface area contributed by atoms with E-state index in [1.807, 2.05) is 13.3 Å². The van der Waals surface area contributed by atoms with Gasteiger partial charge >= 0.3 is 0 Å². The highest BCUT2D eigenvalue weighted by Gasteiger charge is 2.09.